The third kappa shape index (κ3) is 4.08. The van der Waals surface area contributed by atoms with Gasteiger partial charge in [-0.25, -0.2) is 0 Å². The van der Waals surface area contributed by atoms with Gasteiger partial charge in [0.2, 0.25) is 0 Å². The van der Waals surface area contributed by atoms with E-state index in [0.717, 1.165) is 10.2 Å². The van der Waals surface area contributed by atoms with Crippen LogP contribution in [0.25, 0.3) is 0 Å². The van der Waals surface area contributed by atoms with Crippen molar-refractivity contribution in [1.29, 1.82) is 0 Å². The number of hydrogen-bond donors (Lipinski definition) is 1. The van der Waals surface area contributed by atoms with E-state index >= 15 is 0 Å². The monoisotopic (exact) mass is 347 g/mol. The maximum atomic E-state index is 5.28. The quantitative estimate of drug-likeness (QED) is 0.804. The summed E-state index contributed by atoms with van der Waals surface area (Å²) in [7, 11) is 1.68. The molecule has 2 nitrogen and oxygen atoms in total. The molecule has 0 heterocycles. The van der Waals surface area contributed by atoms with Gasteiger partial charge in [-0.05, 0) is 60.0 Å². The third-order valence-electron chi connectivity index (χ3n) is 3.72. The van der Waals surface area contributed by atoms with Crippen LogP contribution >= 0.6 is 15.9 Å². The van der Waals surface area contributed by atoms with Gasteiger partial charge in [-0.2, -0.15) is 0 Å². The molecule has 2 aromatic carbocycles. The summed E-state index contributed by atoms with van der Waals surface area (Å²) in [5.74, 6) is 0.859. The molecule has 0 aromatic heterocycles. The summed E-state index contributed by atoms with van der Waals surface area (Å²) in [5.41, 5.74) is 3.85. The minimum Gasteiger partial charge on any atom is -0.496 e. The molecule has 0 bridgehead atoms. The number of benzene rings is 2. The topological polar surface area (TPSA) is 21.3 Å². The lowest BCUT2D eigenvalue weighted by Crippen LogP contribution is -2.22. The van der Waals surface area contributed by atoms with Crippen LogP contribution in [-0.4, -0.2) is 7.11 Å². The molecule has 1 unspecified atom stereocenters. The Kier molecular flexibility index (Phi) is 5.43. The summed E-state index contributed by atoms with van der Waals surface area (Å²) in [6.07, 6.45) is 0. The lowest BCUT2D eigenvalue weighted by molar-refractivity contribution is 0.411. The third-order valence-corrected chi connectivity index (χ3v) is 4.34. The number of ether oxygens (including phenoxy) is 1. The van der Waals surface area contributed by atoms with E-state index in [2.05, 4.69) is 78.4 Å². The second-order valence-corrected chi connectivity index (χ2v) is 6.27. The Morgan fingerprint density at radius 3 is 2.24 bits per heavy atom. The maximum Gasteiger partial charge on any atom is 0.133 e. The van der Waals surface area contributed by atoms with Crippen LogP contribution in [0.2, 0.25) is 0 Å². The van der Waals surface area contributed by atoms with E-state index in [0.29, 0.717) is 6.04 Å². The second kappa shape index (κ2) is 7.10. The van der Waals surface area contributed by atoms with Gasteiger partial charge < -0.3 is 10.1 Å². The predicted molar refractivity (Wildman–Crippen MR) is 91.8 cm³/mol. The van der Waals surface area contributed by atoms with Crippen LogP contribution < -0.4 is 10.1 Å². The van der Waals surface area contributed by atoms with Crippen molar-refractivity contribution in [2.45, 2.75) is 32.9 Å². The van der Waals surface area contributed by atoms with Gasteiger partial charge in [0.15, 0.2) is 0 Å². The summed E-state index contributed by atoms with van der Waals surface area (Å²) in [4.78, 5) is 0. The largest absolute Gasteiger partial charge is 0.496 e. The maximum absolute atomic E-state index is 5.28. The van der Waals surface area contributed by atoms with E-state index in [4.69, 9.17) is 4.74 Å². The number of methoxy groups -OCH3 is 1. The summed E-state index contributed by atoms with van der Waals surface area (Å²) in [6, 6.07) is 15.4. The molecule has 1 N–H and O–H groups in total. The fraction of sp³-hybridized carbons (Fsp3) is 0.333. The standard InChI is InChI=1S/C18H22BrNO/c1-12-6-5-7-15(10-12)13(2)20-14(3)16-8-9-18(21-4)17(19)11-16/h5-11,13-14,20H,1-4H3/t13-,14?/m0/s1. The molecule has 0 fully saturated rings. The first-order valence-electron chi connectivity index (χ1n) is 7.17. The van der Waals surface area contributed by atoms with Crippen molar-refractivity contribution in [2.24, 2.45) is 0 Å². The van der Waals surface area contributed by atoms with Crippen molar-refractivity contribution >= 4 is 15.9 Å². The highest BCUT2D eigenvalue weighted by atomic mass is 79.9. The zero-order valence-corrected chi connectivity index (χ0v) is 14.6. The van der Waals surface area contributed by atoms with Crippen LogP contribution in [0.1, 0.15) is 42.6 Å². The van der Waals surface area contributed by atoms with E-state index < -0.39 is 0 Å². The van der Waals surface area contributed by atoms with Gasteiger partial charge in [0.25, 0.3) is 0 Å². The second-order valence-electron chi connectivity index (χ2n) is 5.42. The molecule has 0 amide bonds. The lowest BCUT2D eigenvalue weighted by Gasteiger charge is -2.21. The summed E-state index contributed by atoms with van der Waals surface area (Å²) in [6.45, 7) is 6.50. The summed E-state index contributed by atoms with van der Waals surface area (Å²) < 4.78 is 6.26. The van der Waals surface area contributed by atoms with Crippen molar-refractivity contribution in [3.63, 3.8) is 0 Å². The van der Waals surface area contributed by atoms with E-state index in [1.165, 1.54) is 16.7 Å². The van der Waals surface area contributed by atoms with Crippen molar-refractivity contribution in [3.8, 4) is 5.75 Å². The van der Waals surface area contributed by atoms with Crippen LogP contribution in [0.4, 0.5) is 0 Å². The molecule has 0 spiro atoms. The van der Waals surface area contributed by atoms with Crippen molar-refractivity contribution in [2.75, 3.05) is 7.11 Å². The Labute approximate surface area is 135 Å². The van der Waals surface area contributed by atoms with Crippen LogP contribution in [0.5, 0.6) is 5.75 Å². The molecular weight excluding hydrogens is 326 g/mol. The van der Waals surface area contributed by atoms with Crippen LogP contribution in [0.15, 0.2) is 46.9 Å². The highest BCUT2D eigenvalue weighted by Gasteiger charge is 2.12. The molecule has 0 radical (unpaired) electrons. The molecule has 3 heteroatoms. The highest BCUT2D eigenvalue weighted by Crippen LogP contribution is 2.29. The molecule has 2 aromatic rings. The lowest BCUT2D eigenvalue weighted by atomic mass is 10.0. The Morgan fingerprint density at radius 1 is 1.00 bits per heavy atom. The molecule has 0 aliphatic carbocycles. The number of nitrogens with one attached hydrogen (secondary N) is 1. The minimum atomic E-state index is 0.266. The smallest absolute Gasteiger partial charge is 0.133 e. The van der Waals surface area contributed by atoms with Gasteiger partial charge >= 0.3 is 0 Å². The number of aryl methyl sites for hydroxylation is 1. The van der Waals surface area contributed by atoms with Crippen molar-refractivity contribution in [3.05, 3.63) is 63.6 Å². The number of hydrogen-bond acceptors (Lipinski definition) is 2. The minimum absolute atomic E-state index is 0.266. The Morgan fingerprint density at radius 2 is 1.67 bits per heavy atom. The normalized spacial score (nSPS) is 13.8. The zero-order valence-electron chi connectivity index (χ0n) is 13.0. The van der Waals surface area contributed by atoms with Gasteiger partial charge in [-0.3, -0.25) is 0 Å². The summed E-state index contributed by atoms with van der Waals surface area (Å²) >= 11 is 3.54. The zero-order chi connectivity index (χ0) is 15.4. The first-order chi connectivity index (χ1) is 10.0. The van der Waals surface area contributed by atoms with Gasteiger partial charge in [-0.1, -0.05) is 35.9 Å². The first-order valence-corrected chi connectivity index (χ1v) is 7.96. The predicted octanol–water partition coefficient (Wildman–Crippen LogP) is 5.18. The average Bonchev–Trinajstić information content (AvgIpc) is 2.47. The van der Waals surface area contributed by atoms with Gasteiger partial charge in [0.1, 0.15) is 5.75 Å². The highest BCUT2D eigenvalue weighted by molar-refractivity contribution is 9.10. The molecule has 0 aliphatic rings. The van der Waals surface area contributed by atoms with E-state index in [-0.39, 0.29) is 6.04 Å². The average molecular weight is 348 g/mol. The van der Waals surface area contributed by atoms with Crippen LogP contribution in [0.3, 0.4) is 0 Å². The Hall–Kier alpha value is -1.32. The molecule has 112 valence electrons. The van der Waals surface area contributed by atoms with E-state index in [1.807, 2.05) is 6.07 Å². The molecular formula is C18H22BrNO. The SMILES string of the molecule is COc1ccc(C(C)N[C@@H](C)c2cccc(C)c2)cc1Br. The Balaban J connectivity index is 2.10. The van der Waals surface area contributed by atoms with Gasteiger partial charge in [-0.15, -0.1) is 0 Å². The fourth-order valence-corrected chi connectivity index (χ4v) is 3.02. The van der Waals surface area contributed by atoms with Gasteiger partial charge in [0.05, 0.1) is 11.6 Å². The van der Waals surface area contributed by atoms with E-state index in [1.54, 1.807) is 7.11 Å². The molecule has 21 heavy (non-hydrogen) atoms. The first kappa shape index (κ1) is 16.1. The number of rotatable bonds is 5. The van der Waals surface area contributed by atoms with Crippen LogP contribution in [-0.2, 0) is 0 Å². The van der Waals surface area contributed by atoms with Gasteiger partial charge in [0, 0.05) is 12.1 Å². The Bertz CT molecular complexity index is 612. The molecule has 0 saturated heterocycles. The van der Waals surface area contributed by atoms with Crippen molar-refractivity contribution < 1.29 is 4.74 Å². The molecule has 0 aliphatic heterocycles. The van der Waals surface area contributed by atoms with E-state index in [9.17, 15) is 0 Å². The fourth-order valence-electron chi connectivity index (χ4n) is 2.46. The summed E-state index contributed by atoms with van der Waals surface area (Å²) in [5, 5.41) is 3.64. The number of halogens is 1. The molecule has 2 rings (SSSR count). The molecule has 2 atom stereocenters. The molecule has 0 saturated carbocycles. The van der Waals surface area contributed by atoms with Crippen molar-refractivity contribution in [1.82, 2.24) is 5.32 Å². The van der Waals surface area contributed by atoms with Crippen LogP contribution in [0, 0.1) is 6.92 Å².